The second kappa shape index (κ2) is 6.45. The zero-order valence-corrected chi connectivity index (χ0v) is 13.1. The van der Waals surface area contributed by atoms with Gasteiger partial charge in [0.25, 0.3) is 5.91 Å². The van der Waals surface area contributed by atoms with E-state index in [1.54, 1.807) is 31.3 Å². The predicted octanol–water partition coefficient (Wildman–Crippen LogP) is 2.65. The molecule has 2 rings (SSSR count). The van der Waals surface area contributed by atoms with E-state index in [0.717, 1.165) is 4.47 Å². The van der Waals surface area contributed by atoms with E-state index in [-0.39, 0.29) is 11.7 Å². The van der Waals surface area contributed by atoms with E-state index in [1.165, 1.54) is 13.2 Å². The van der Waals surface area contributed by atoms with Gasteiger partial charge in [0.15, 0.2) is 0 Å². The van der Waals surface area contributed by atoms with Crippen LogP contribution in [0.3, 0.4) is 0 Å². The molecule has 0 saturated carbocycles. The van der Waals surface area contributed by atoms with Crippen LogP contribution in [0.2, 0.25) is 0 Å². The highest BCUT2D eigenvalue weighted by Crippen LogP contribution is 2.23. The molecule has 0 bridgehead atoms. The third-order valence-electron chi connectivity index (χ3n) is 2.81. The molecule has 2 aromatic rings. The number of carbonyl (C=O) groups excluding carboxylic acids is 1. The number of nitrogens with zero attached hydrogens (tertiary/aromatic N) is 1. The minimum Gasteiger partial charge on any atom is -0.507 e. The first-order valence-electron chi connectivity index (χ1n) is 6.07. The van der Waals surface area contributed by atoms with Crippen LogP contribution in [-0.4, -0.2) is 28.8 Å². The van der Waals surface area contributed by atoms with Crippen LogP contribution < -0.4 is 10.2 Å². The van der Waals surface area contributed by atoms with Gasteiger partial charge in [-0.1, -0.05) is 0 Å². The maximum atomic E-state index is 11.8. The predicted molar refractivity (Wildman–Crippen MR) is 82.8 cm³/mol. The van der Waals surface area contributed by atoms with E-state index in [4.69, 9.17) is 4.74 Å². The van der Waals surface area contributed by atoms with Crippen LogP contribution in [0.1, 0.15) is 23.0 Å². The van der Waals surface area contributed by atoms with Gasteiger partial charge in [-0.3, -0.25) is 4.79 Å². The summed E-state index contributed by atoms with van der Waals surface area (Å²) in [4.78, 5) is 14.6. The molecular formula is C14H14BrN3O3. The molecule has 110 valence electrons. The van der Waals surface area contributed by atoms with Gasteiger partial charge in [0.2, 0.25) is 0 Å². The van der Waals surface area contributed by atoms with Crippen molar-refractivity contribution >= 4 is 27.5 Å². The summed E-state index contributed by atoms with van der Waals surface area (Å²) in [5.74, 6) is 0.213. The lowest BCUT2D eigenvalue weighted by Crippen LogP contribution is -2.19. The standard InChI is InChI=1S/C14H14BrN3O3/c1-8(11-4-3-10(21-2)6-13(11)19)17-18-14(20)12-5-9(15)7-16-12/h3-7,16,19H,1-2H3,(H,18,20)/b17-8+. The Morgan fingerprint density at radius 1 is 1.43 bits per heavy atom. The average Bonchev–Trinajstić information content (AvgIpc) is 2.90. The average molecular weight is 352 g/mol. The summed E-state index contributed by atoms with van der Waals surface area (Å²) in [6, 6.07) is 6.51. The van der Waals surface area contributed by atoms with Gasteiger partial charge in [-0.25, -0.2) is 5.43 Å². The van der Waals surface area contributed by atoms with Gasteiger partial charge in [-0.05, 0) is 41.1 Å². The number of hydrogen-bond acceptors (Lipinski definition) is 4. The molecule has 0 atom stereocenters. The summed E-state index contributed by atoms with van der Waals surface area (Å²) in [7, 11) is 1.52. The number of aromatic amines is 1. The molecule has 0 unspecified atom stereocenters. The highest BCUT2D eigenvalue weighted by atomic mass is 79.9. The molecule has 1 amide bonds. The number of aromatic nitrogens is 1. The SMILES string of the molecule is COc1ccc(/C(C)=N/NC(=O)c2cc(Br)c[nH]2)c(O)c1. The van der Waals surface area contributed by atoms with Crippen LogP contribution in [0.5, 0.6) is 11.5 Å². The summed E-state index contributed by atoms with van der Waals surface area (Å²) in [6.45, 7) is 1.69. The molecule has 0 spiro atoms. The Balaban J connectivity index is 2.12. The van der Waals surface area contributed by atoms with Crippen molar-refractivity contribution < 1.29 is 14.6 Å². The van der Waals surface area contributed by atoms with Crippen molar-refractivity contribution in [3.63, 3.8) is 0 Å². The zero-order chi connectivity index (χ0) is 15.4. The zero-order valence-electron chi connectivity index (χ0n) is 11.5. The molecule has 0 fully saturated rings. The van der Waals surface area contributed by atoms with Crippen molar-refractivity contribution in [2.45, 2.75) is 6.92 Å². The first-order chi connectivity index (χ1) is 10.0. The van der Waals surface area contributed by atoms with Crippen LogP contribution in [0.4, 0.5) is 0 Å². The number of carbonyl (C=O) groups is 1. The van der Waals surface area contributed by atoms with E-state index < -0.39 is 0 Å². The summed E-state index contributed by atoms with van der Waals surface area (Å²) in [5, 5.41) is 13.9. The fourth-order valence-corrected chi connectivity index (χ4v) is 2.04. The Bertz CT molecular complexity index is 695. The molecule has 7 heteroatoms. The van der Waals surface area contributed by atoms with Crippen molar-refractivity contribution in [3.05, 3.63) is 46.2 Å². The molecule has 0 aliphatic heterocycles. The number of phenolic OH excluding ortho intramolecular Hbond substituents is 1. The largest absolute Gasteiger partial charge is 0.507 e. The lowest BCUT2D eigenvalue weighted by molar-refractivity contribution is 0.0950. The highest BCUT2D eigenvalue weighted by Gasteiger charge is 2.09. The van der Waals surface area contributed by atoms with Gasteiger partial charge in [-0.15, -0.1) is 0 Å². The number of hydrazone groups is 1. The summed E-state index contributed by atoms with van der Waals surface area (Å²) >= 11 is 3.25. The maximum Gasteiger partial charge on any atom is 0.287 e. The number of benzene rings is 1. The fourth-order valence-electron chi connectivity index (χ4n) is 1.70. The molecule has 0 aliphatic rings. The fraction of sp³-hybridized carbons (Fsp3) is 0.143. The number of nitrogens with one attached hydrogen (secondary N) is 2. The van der Waals surface area contributed by atoms with Crippen LogP contribution in [0.25, 0.3) is 0 Å². The molecule has 3 N–H and O–H groups in total. The van der Waals surface area contributed by atoms with E-state index in [2.05, 4.69) is 31.4 Å². The Hall–Kier alpha value is -2.28. The number of halogens is 1. The van der Waals surface area contributed by atoms with Crippen LogP contribution in [0, 0.1) is 0 Å². The Morgan fingerprint density at radius 3 is 2.76 bits per heavy atom. The van der Waals surface area contributed by atoms with E-state index >= 15 is 0 Å². The van der Waals surface area contributed by atoms with Crippen molar-refractivity contribution in [1.82, 2.24) is 10.4 Å². The smallest absolute Gasteiger partial charge is 0.287 e. The van der Waals surface area contributed by atoms with Gasteiger partial charge < -0.3 is 14.8 Å². The number of aromatic hydroxyl groups is 1. The van der Waals surface area contributed by atoms with Gasteiger partial charge in [-0.2, -0.15) is 5.10 Å². The maximum absolute atomic E-state index is 11.8. The molecule has 1 aromatic heterocycles. The number of phenols is 1. The van der Waals surface area contributed by atoms with Gasteiger partial charge in [0.1, 0.15) is 17.2 Å². The Labute approximate surface area is 130 Å². The summed E-state index contributed by atoms with van der Waals surface area (Å²) in [5.41, 5.74) is 3.81. The number of hydrogen-bond donors (Lipinski definition) is 3. The molecule has 21 heavy (non-hydrogen) atoms. The normalized spacial score (nSPS) is 11.3. The first-order valence-corrected chi connectivity index (χ1v) is 6.86. The molecule has 1 aromatic carbocycles. The monoisotopic (exact) mass is 351 g/mol. The topological polar surface area (TPSA) is 86.7 Å². The Kier molecular flexibility index (Phi) is 4.64. The molecule has 1 heterocycles. The molecule has 0 radical (unpaired) electrons. The number of H-pyrrole nitrogens is 1. The van der Waals surface area contributed by atoms with Crippen molar-refractivity contribution in [3.8, 4) is 11.5 Å². The van der Waals surface area contributed by atoms with E-state index in [0.29, 0.717) is 22.7 Å². The minimum absolute atomic E-state index is 0.0347. The first kappa shape index (κ1) is 15.1. The molecular weight excluding hydrogens is 338 g/mol. The number of rotatable bonds is 4. The number of methoxy groups -OCH3 is 1. The minimum atomic E-state index is -0.368. The van der Waals surface area contributed by atoms with Gasteiger partial charge >= 0.3 is 0 Å². The van der Waals surface area contributed by atoms with Crippen LogP contribution in [-0.2, 0) is 0 Å². The van der Waals surface area contributed by atoms with Crippen LogP contribution >= 0.6 is 15.9 Å². The second-order valence-corrected chi connectivity index (χ2v) is 5.17. The summed E-state index contributed by atoms with van der Waals surface area (Å²) in [6.07, 6.45) is 1.65. The molecule has 0 aliphatic carbocycles. The van der Waals surface area contributed by atoms with E-state index in [9.17, 15) is 9.90 Å². The van der Waals surface area contributed by atoms with Crippen molar-refractivity contribution in [1.29, 1.82) is 0 Å². The third-order valence-corrected chi connectivity index (χ3v) is 3.27. The lowest BCUT2D eigenvalue weighted by atomic mass is 10.1. The molecule has 6 nitrogen and oxygen atoms in total. The molecule has 0 saturated heterocycles. The third kappa shape index (κ3) is 3.63. The lowest BCUT2D eigenvalue weighted by Gasteiger charge is -2.06. The second-order valence-electron chi connectivity index (χ2n) is 4.25. The van der Waals surface area contributed by atoms with Gasteiger partial charge in [0, 0.05) is 22.3 Å². The Morgan fingerprint density at radius 2 is 2.19 bits per heavy atom. The van der Waals surface area contributed by atoms with Crippen molar-refractivity contribution in [2.75, 3.05) is 7.11 Å². The van der Waals surface area contributed by atoms with Gasteiger partial charge in [0.05, 0.1) is 12.8 Å². The number of amides is 1. The van der Waals surface area contributed by atoms with E-state index in [1.807, 2.05) is 0 Å². The summed E-state index contributed by atoms with van der Waals surface area (Å²) < 4.78 is 5.79. The highest BCUT2D eigenvalue weighted by molar-refractivity contribution is 9.10. The van der Waals surface area contributed by atoms with Crippen molar-refractivity contribution in [2.24, 2.45) is 5.10 Å². The number of ether oxygens (including phenoxy) is 1. The van der Waals surface area contributed by atoms with Crippen LogP contribution in [0.15, 0.2) is 40.0 Å². The quantitative estimate of drug-likeness (QED) is 0.584.